The van der Waals surface area contributed by atoms with Gasteiger partial charge in [-0.25, -0.2) is 4.98 Å². The average molecular weight is 320 g/mol. The number of nitrogens with zero attached hydrogens (tertiary/aromatic N) is 1. The Morgan fingerprint density at radius 3 is 2.35 bits per heavy atom. The second-order valence-electron chi connectivity index (χ2n) is 6.31. The Kier molecular flexibility index (Phi) is 3.66. The van der Waals surface area contributed by atoms with Crippen molar-refractivity contribution in [3.8, 4) is 11.1 Å². The highest BCUT2D eigenvalue weighted by molar-refractivity contribution is 7.13. The molecule has 116 valence electrons. The lowest BCUT2D eigenvalue weighted by molar-refractivity contribution is 0.522. The topological polar surface area (TPSA) is 38.9 Å². The molecule has 0 atom stereocenters. The molecule has 0 radical (unpaired) electrons. The molecule has 4 rings (SSSR count). The highest BCUT2D eigenvalue weighted by Crippen LogP contribution is 2.47. The van der Waals surface area contributed by atoms with E-state index in [1.165, 1.54) is 29.5 Å². The van der Waals surface area contributed by atoms with Crippen LogP contribution in [0.5, 0.6) is 0 Å². The molecule has 1 aromatic heterocycles. The summed E-state index contributed by atoms with van der Waals surface area (Å²) >= 11 is 1.55. The summed E-state index contributed by atoms with van der Waals surface area (Å²) < 4.78 is 0. The molecule has 1 fully saturated rings. The quantitative estimate of drug-likeness (QED) is 0.715. The maximum Gasteiger partial charge on any atom is 0.180 e. The average Bonchev–Trinajstić information content (AvgIpc) is 3.26. The minimum Gasteiger partial charge on any atom is -0.375 e. The predicted octanol–water partition coefficient (Wildman–Crippen LogP) is 5.25. The standard InChI is InChI=1S/C20H20N2S/c21-19-22-18(14-23-19)20(11-4-5-12-20)17-10-6-9-16(13-17)15-7-2-1-3-8-15/h1-3,6-10,13-14H,4-5,11-12H2,(H2,21,22). The van der Waals surface area contributed by atoms with Gasteiger partial charge in [-0.2, -0.15) is 0 Å². The van der Waals surface area contributed by atoms with E-state index in [0.717, 1.165) is 18.5 Å². The first-order valence-electron chi connectivity index (χ1n) is 8.15. The summed E-state index contributed by atoms with van der Waals surface area (Å²) in [5.41, 5.74) is 11.0. The van der Waals surface area contributed by atoms with E-state index in [4.69, 9.17) is 5.73 Å². The van der Waals surface area contributed by atoms with Crippen molar-refractivity contribution < 1.29 is 0 Å². The molecule has 0 bridgehead atoms. The predicted molar refractivity (Wildman–Crippen MR) is 97.7 cm³/mol. The van der Waals surface area contributed by atoms with Gasteiger partial charge in [-0.15, -0.1) is 11.3 Å². The molecule has 0 aliphatic heterocycles. The molecule has 1 aliphatic rings. The van der Waals surface area contributed by atoms with E-state index < -0.39 is 0 Å². The highest BCUT2D eigenvalue weighted by atomic mass is 32.1. The molecule has 0 amide bonds. The third-order valence-corrected chi connectivity index (χ3v) is 5.67. The van der Waals surface area contributed by atoms with Crippen molar-refractivity contribution in [3.63, 3.8) is 0 Å². The van der Waals surface area contributed by atoms with Gasteiger partial charge in [0.15, 0.2) is 5.13 Å². The maximum atomic E-state index is 5.91. The zero-order valence-electron chi connectivity index (χ0n) is 13.0. The highest BCUT2D eigenvalue weighted by Gasteiger charge is 2.39. The molecular formula is C20H20N2S. The first-order valence-corrected chi connectivity index (χ1v) is 9.03. The fourth-order valence-corrected chi connectivity index (χ4v) is 4.47. The first kappa shape index (κ1) is 14.5. The Hall–Kier alpha value is -2.13. The van der Waals surface area contributed by atoms with Gasteiger partial charge in [0.05, 0.1) is 5.69 Å². The van der Waals surface area contributed by atoms with Crippen molar-refractivity contribution in [2.75, 3.05) is 5.73 Å². The largest absolute Gasteiger partial charge is 0.375 e. The smallest absolute Gasteiger partial charge is 0.180 e. The minimum absolute atomic E-state index is 0.0406. The fraction of sp³-hybridized carbons (Fsp3) is 0.250. The Morgan fingerprint density at radius 1 is 0.913 bits per heavy atom. The van der Waals surface area contributed by atoms with Crippen LogP contribution in [0, 0.1) is 0 Å². The SMILES string of the molecule is Nc1nc(C2(c3cccc(-c4ccccc4)c3)CCCC2)cs1. The van der Waals surface area contributed by atoms with E-state index in [1.54, 1.807) is 11.3 Å². The molecular weight excluding hydrogens is 300 g/mol. The molecule has 23 heavy (non-hydrogen) atoms. The third-order valence-electron chi connectivity index (χ3n) is 4.99. The summed E-state index contributed by atoms with van der Waals surface area (Å²) in [7, 11) is 0. The Bertz CT molecular complexity index is 801. The van der Waals surface area contributed by atoms with Gasteiger partial charge in [0, 0.05) is 10.8 Å². The summed E-state index contributed by atoms with van der Waals surface area (Å²) in [6.45, 7) is 0. The second kappa shape index (κ2) is 5.82. The molecule has 0 unspecified atom stereocenters. The fourth-order valence-electron chi connectivity index (χ4n) is 3.81. The van der Waals surface area contributed by atoms with E-state index in [9.17, 15) is 0 Å². The lowest BCUT2D eigenvalue weighted by Crippen LogP contribution is -2.24. The van der Waals surface area contributed by atoms with E-state index in [0.29, 0.717) is 5.13 Å². The van der Waals surface area contributed by atoms with Crippen LogP contribution in [0.15, 0.2) is 60.0 Å². The van der Waals surface area contributed by atoms with Gasteiger partial charge < -0.3 is 5.73 Å². The van der Waals surface area contributed by atoms with Crippen molar-refractivity contribution in [2.24, 2.45) is 0 Å². The van der Waals surface area contributed by atoms with Crippen LogP contribution in [-0.2, 0) is 5.41 Å². The molecule has 1 saturated carbocycles. The summed E-state index contributed by atoms with van der Waals surface area (Å²) in [4.78, 5) is 4.64. The van der Waals surface area contributed by atoms with Gasteiger partial charge in [-0.3, -0.25) is 0 Å². The molecule has 2 aromatic carbocycles. The third kappa shape index (κ3) is 2.55. The van der Waals surface area contributed by atoms with Gasteiger partial charge >= 0.3 is 0 Å². The molecule has 3 heteroatoms. The molecule has 0 saturated heterocycles. The van der Waals surface area contributed by atoms with Crippen molar-refractivity contribution in [1.82, 2.24) is 4.98 Å². The van der Waals surface area contributed by atoms with Gasteiger partial charge in [0.25, 0.3) is 0 Å². The second-order valence-corrected chi connectivity index (χ2v) is 7.20. The number of rotatable bonds is 3. The van der Waals surface area contributed by atoms with Crippen LogP contribution in [0.25, 0.3) is 11.1 Å². The monoisotopic (exact) mass is 320 g/mol. The molecule has 2 nitrogen and oxygen atoms in total. The Labute approximate surface area is 141 Å². The number of hydrogen-bond donors (Lipinski definition) is 1. The van der Waals surface area contributed by atoms with Crippen molar-refractivity contribution >= 4 is 16.5 Å². The Balaban J connectivity index is 1.82. The minimum atomic E-state index is 0.0406. The number of benzene rings is 2. The van der Waals surface area contributed by atoms with Crippen molar-refractivity contribution in [2.45, 2.75) is 31.1 Å². The van der Waals surface area contributed by atoms with Crippen molar-refractivity contribution in [1.29, 1.82) is 0 Å². The number of thiazole rings is 1. The van der Waals surface area contributed by atoms with Gasteiger partial charge in [0.2, 0.25) is 0 Å². The van der Waals surface area contributed by atoms with Crippen LogP contribution in [-0.4, -0.2) is 4.98 Å². The van der Waals surface area contributed by atoms with Crippen LogP contribution >= 0.6 is 11.3 Å². The van der Waals surface area contributed by atoms with Gasteiger partial charge in [0.1, 0.15) is 0 Å². The number of aromatic nitrogens is 1. The van der Waals surface area contributed by atoms with E-state index in [2.05, 4.69) is 65.0 Å². The molecule has 3 aromatic rings. The lowest BCUT2D eigenvalue weighted by atomic mass is 9.76. The van der Waals surface area contributed by atoms with E-state index in [1.807, 2.05) is 0 Å². The van der Waals surface area contributed by atoms with Crippen LogP contribution in [0.3, 0.4) is 0 Å². The van der Waals surface area contributed by atoms with Gasteiger partial charge in [-0.1, -0.05) is 67.4 Å². The van der Waals surface area contributed by atoms with Gasteiger partial charge in [-0.05, 0) is 29.5 Å². The Morgan fingerprint density at radius 2 is 1.65 bits per heavy atom. The van der Waals surface area contributed by atoms with E-state index >= 15 is 0 Å². The molecule has 1 aliphatic carbocycles. The van der Waals surface area contributed by atoms with Crippen molar-refractivity contribution in [3.05, 3.63) is 71.2 Å². The zero-order chi connectivity index (χ0) is 15.7. The van der Waals surface area contributed by atoms with E-state index in [-0.39, 0.29) is 5.41 Å². The van der Waals surface area contributed by atoms with Crippen LogP contribution in [0.2, 0.25) is 0 Å². The number of nitrogen functional groups attached to an aromatic ring is 1. The number of hydrogen-bond acceptors (Lipinski definition) is 3. The number of nitrogens with two attached hydrogens (primary N) is 1. The first-order chi connectivity index (χ1) is 11.3. The zero-order valence-corrected chi connectivity index (χ0v) is 13.9. The molecule has 0 spiro atoms. The molecule has 1 heterocycles. The normalized spacial score (nSPS) is 16.5. The van der Waals surface area contributed by atoms with Crippen LogP contribution < -0.4 is 5.73 Å². The summed E-state index contributed by atoms with van der Waals surface area (Å²) in [5.74, 6) is 0. The molecule has 2 N–H and O–H groups in total. The van der Waals surface area contributed by atoms with Crippen LogP contribution in [0.1, 0.15) is 36.9 Å². The summed E-state index contributed by atoms with van der Waals surface area (Å²) in [6.07, 6.45) is 4.84. The summed E-state index contributed by atoms with van der Waals surface area (Å²) in [6, 6.07) is 19.5. The summed E-state index contributed by atoms with van der Waals surface area (Å²) in [5, 5.41) is 2.82. The number of anilines is 1. The van der Waals surface area contributed by atoms with Crippen LogP contribution in [0.4, 0.5) is 5.13 Å². The lowest BCUT2D eigenvalue weighted by Gasteiger charge is -2.28. The maximum absolute atomic E-state index is 5.91.